The number of nitrogens with zero attached hydrogens (tertiary/aromatic N) is 6. The van der Waals surface area contributed by atoms with Gasteiger partial charge in [0.15, 0.2) is 0 Å². The highest BCUT2D eigenvalue weighted by atomic mass is 19.4. The third-order valence-corrected chi connectivity index (χ3v) is 7.84. The lowest BCUT2D eigenvalue weighted by Crippen LogP contribution is -2.41. The number of fused-ring (bicyclic) bond motifs is 3. The molecule has 38 heavy (non-hydrogen) atoms. The van der Waals surface area contributed by atoms with Crippen LogP contribution in [0.5, 0.6) is 0 Å². The molecule has 9 nitrogen and oxygen atoms in total. The van der Waals surface area contributed by atoms with Crippen LogP contribution in [0.3, 0.4) is 0 Å². The molecule has 3 aromatic heterocycles. The Morgan fingerprint density at radius 2 is 1.95 bits per heavy atom. The number of aromatic nitrogens is 5. The standard InChI is InChI=1S/C26H27F3N8O/c1-15(23-33-18-5-3-4-6-20(18)35(23)2)32-24(38)36-9-7-25(14-36)8-10-37-21(25)12-19(34-37)16-11-17(26(27,28)29)22(30)31-13-16/h3-6,11-13,15H,7-10,14H2,1-2H3,(H2,30,31)(H,32,38)/t15-,25?/m0/s1. The number of carbonyl (C=O) groups excluding carboxylic acids is 1. The van der Waals surface area contributed by atoms with Gasteiger partial charge in [0.2, 0.25) is 0 Å². The predicted octanol–water partition coefficient (Wildman–Crippen LogP) is 4.25. The van der Waals surface area contributed by atoms with E-state index in [9.17, 15) is 18.0 Å². The quantitative estimate of drug-likeness (QED) is 0.417. The minimum absolute atomic E-state index is 0.169. The van der Waals surface area contributed by atoms with E-state index in [0.717, 1.165) is 41.5 Å². The Kier molecular flexibility index (Phi) is 5.41. The number of nitrogens with one attached hydrogen (secondary N) is 1. The molecule has 0 bridgehead atoms. The average molecular weight is 525 g/mol. The van der Waals surface area contributed by atoms with E-state index in [1.807, 2.05) is 53.6 Å². The van der Waals surface area contributed by atoms with E-state index in [1.165, 1.54) is 6.20 Å². The van der Waals surface area contributed by atoms with Crippen LogP contribution < -0.4 is 11.1 Å². The van der Waals surface area contributed by atoms with Gasteiger partial charge in [-0.05, 0) is 44.0 Å². The van der Waals surface area contributed by atoms with Gasteiger partial charge in [0.05, 0.1) is 28.3 Å². The molecule has 198 valence electrons. The van der Waals surface area contributed by atoms with E-state index in [4.69, 9.17) is 5.73 Å². The summed E-state index contributed by atoms with van der Waals surface area (Å²) >= 11 is 0. The molecule has 2 atom stereocenters. The summed E-state index contributed by atoms with van der Waals surface area (Å²) < 4.78 is 43.9. The molecule has 4 aromatic rings. The van der Waals surface area contributed by atoms with E-state index < -0.39 is 17.6 Å². The Balaban J connectivity index is 1.20. The number of rotatable bonds is 3. The predicted molar refractivity (Wildman–Crippen MR) is 135 cm³/mol. The molecule has 0 aliphatic carbocycles. The zero-order chi connectivity index (χ0) is 26.8. The number of hydrogen-bond acceptors (Lipinski definition) is 5. The topological polar surface area (TPSA) is 107 Å². The van der Waals surface area contributed by atoms with Gasteiger partial charge in [0, 0.05) is 49.6 Å². The van der Waals surface area contributed by atoms with E-state index in [1.54, 1.807) is 4.90 Å². The number of alkyl halides is 3. The number of nitrogens with two attached hydrogens (primary N) is 1. The van der Waals surface area contributed by atoms with Gasteiger partial charge in [-0.25, -0.2) is 14.8 Å². The Hall–Kier alpha value is -4.09. The molecule has 0 saturated carbocycles. The second-order valence-electron chi connectivity index (χ2n) is 10.2. The molecule has 1 aromatic carbocycles. The summed E-state index contributed by atoms with van der Waals surface area (Å²) in [6.07, 6.45) is -1.73. The van der Waals surface area contributed by atoms with Crippen LogP contribution in [0.25, 0.3) is 22.3 Å². The molecule has 2 aliphatic rings. The van der Waals surface area contributed by atoms with Crippen LogP contribution in [0.4, 0.5) is 23.8 Å². The normalized spacial score (nSPS) is 19.9. The summed E-state index contributed by atoms with van der Waals surface area (Å²) in [6, 6.07) is 10.2. The maximum atomic E-state index is 13.3. The number of pyridine rings is 1. The number of halogens is 3. The van der Waals surface area contributed by atoms with Crippen LogP contribution in [0, 0.1) is 0 Å². The number of amides is 2. The second-order valence-corrected chi connectivity index (χ2v) is 10.2. The summed E-state index contributed by atoms with van der Waals surface area (Å²) in [7, 11) is 1.93. The number of urea groups is 1. The Morgan fingerprint density at radius 1 is 1.18 bits per heavy atom. The molecule has 1 fully saturated rings. The van der Waals surface area contributed by atoms with E-state index in [2.05, 4.69) is 20.4 Å². The van der Waals surface area contributed by atoms with Crippen molar-refractivity contribution >= 4 is 22.9 Å². The number of imidazole rings is 1. The number of carbonyl (C=O) groups is 1. The first-order chi connectivity index (χ1) is 18.1. The van der Waals surface area contributed by atoms with Crippen molar-refractivity contribution in [3.63, 3.8) is 0 Å². The molecular weight excluding hydrogens is 497 g/mol. The van der Waals surface area contributed by atoms with Crippen LogP contribution in [-0.2, 0) is 25.2 Å². The fourth-order valence-corrected chi connectivity index (χ4v) is 5.80. The smallest absolute Gasteiger partial charge is 0.383 e. The first-order valence-electron chi connectivity index (χ1n) is 12.4. The maximum absolute atomic E-state index is 13.3. The third-order valence-electron chi connectivity index (χ3n) is 7.84. The van der Waals surface area contributed by atoms with Gasteiger partial charge in [-0.15, -0.1) is 0 Å². The van der Waals surface area contributed by atoms with Crippen molar-refractivity contribution < 1.29 is 18.0 Å². The Bertz CT molecular complexity index is 1560. The minimum Gasteiger partial charge on any atom is -0.383 e. The van der Waals surface area contributed by atoms with Gasteiger partial charge in [-0.2, -0.15) is 18.3 Å². The molecule has 5 heterocycles. The van der Waals surface area contributed by atoms with E-state index in [-0.39, 0.29) is 23.1 Å². The Labute approximate surface area is 216 Å². The van der Waals surface area contributed by atoms with Crippen LogP contribution in [-0.4, -0.2) is 48.3 Å². The highest BCUT2D eigenvalue weighted by molar-refractivity contribution is 5.77. The zero-order valence-electron chi connectivity index (χ0n) is 21.0. The third kappa shape index (κ3) is 3.86. The lowest BCUT2D eigenvalue weighted by atomic mass is 9.82. The molecule has 1 spiro atoms. The average Bonchev–Trinajstić information content (AvgIpc) is 3.64. The summed E-state index contributed by atoms with van der Waals surface area (Å²) in [6.45, 7) is 3.63. The second kappa shape index (κ2) is 8.47. The molecule has 12 heteroatoms. The molecule has 2 amide bonds. The Morgan fingerprint density at radius 3 is 2.71 bits per heavy atom. The number of aryl methyl sites for hydroxylation is 2. The number of para-hydroxylation sites is 2. The summed E-state index contributed by atoms with van der Waals surface area (Å²) in [5.41, 5.74) is 7.66. The molecule has 0 radical (unpaired) electrons. The largest absolute Gasteiger partial charge is 0.419 e. The fourth-order valence-electron chi connectivity index (χ4n) is 5.80. The van der Waals surface area contributed by atoms with Crippen LogP contribution in [0.2, 0.25) is 0 Å². The van der Waals surface area contributed by atoms with Gasteiger partial charge in [0.1, 0.15) is 11.6 Å². The van der Waals surface area contributed by atoms with Crippen molar-refractivity contribution in [1.29, 1.82) is 0 Å². The number of nitrogen functional groups attached to an aromatic ring is 1. The lowest BCUT2D eigenvalue weighted by Gasteiger charge is -2.24. The van der Waals surface area contributed by atoms with Crippen molar-refractivity contribution in [3.8, 4) is 11.3 Å². The monoisotopic (exact) mass is 524 g/mol. The number of likely N-dealkylation sites (tertiary alicyclic amines) is 1. The number of benzene rings is 1. The van der Waals surface area contributed by atoms with Crippen molar-refractivity contribution in [2.45, 2.75) is 43.9 Å². The highest BCUT2D eigenvalue weighted by Crippen LogP contribution is 2.44. The van der Waals surface area contributed by atoms with Crippen molar-refractivity contribution in [3.05, 3.63) is 59.7 Å². The summed E-state index contributed by atoms with van der Waals surface area (Å²) in [5, 5.41) is 7.64. The molecule has 3 N–H and O–H groups in total. The first-order valence-corrected chi connectivity index (χ1v) is 12.4. The van der Waals surface area contributed by atoms with Gasteiger partial charge < -0.3 is 20.5 Å². The van der Waals surface area contributed by atoms with Gasteiger partial charge in [-0.1, -0.05) is 12.1 Å². The highest BCUT2D eigenvalue weighted by Gasteiger charge is 2.47. The fraction of sp³-hybridized carbons (Fsp3) is 0.385. The SMILES string of the molecule is C[C@H](NC(=O)N1CCC2(CCn3nc(-c4cnc(N)c(C(F)(F)F)c4)cc32)C1)c1nc2ccccc2n1C. The molecule has 2 aliphatic heterocycles. The molecule has 6 rings (SSSR count). The van der Waals surface area contributed by atoms with Crippen molar-refractivity contribution in [2.75, 3.05) is 18.8 Å². The lowest BCUT2D eigenvalue weighted by molar-refractivity contribution is -0.137. The molecule has 1 saturated heterocycles. The van der Waals surface area contributed by atoms with Crippen LogP contribution >= 0.6 is 0 Å². The summed E-state index contributed by atoms with van der Waals surface area (Å²) in [5.74, 6) is 0.210. The van der Waals surface area contributed by atoms with Crippen molar-refractivity contribution in [2.24, 2.45) is 7.05 Å². The maximum Gasteiger partial charge on any atom is 0.419 e. The van der Waals surface area contributed by atoms with Gasteiger partial charge in [0.25, 0.3) is 0 Å². The van der Waals surface area contributed by atoms with Crippen molar-refractivity contribution in [1.82, 2.24) is 34.5 Å². The summed E-state index contributed by atoms with van der Waals surface area (Å²) in [4.78, 5) is 23.5. The van der Waals surface area contributed by atoms with E-state index in [0.29, 0.717) is 25.3 Å². The minimum atomic E-state index is -4.60. The number of hydrogen-bond donors (Lipinski definition) is 2. The van der Waals surface area contributed by atoms with E-state index >= 15 is 0 Å². The molecular formula is C26H27F3N8O. The number of anilines is 1. The van der Waals surface area contributed by atoms with Gasteiger partial charge >= 0.3 is 12.2 Å². The van der Waals surface area contributed by atoms with Crippen LogP contribution in [0.1, 0.15) is 42.9 Å². The van der Waals surface area contributed by atoms with Gasteiger partial charge in [-0.3, -0.25) is 4.68 Å². The zero-order valence-corrected chi connectivity index (χ0v) is 21.0. The molecule has 1 unspecified atom stereocenters. The first kappa shape index (κ1) is 24.3. The van der Waals surface area contributed by atoms with Crippen LogP contribution in [0.15, 0.2) is 42.6 Å².